The molecule has 0 bridgehead atoms. The summed E-state index contributed by atoms with van der Waals surface area (Å²) >= 11 is 0. The average molecular weight is 528 g/mol. The molecule has 0 radical (unpaired) electrons. The highest BCUT2D eigenvalue weighted by molar-refractivity contribution is 5.81. The third-order valence-corrected chi connectivity index (χ3v) is 7.98. The Kier molecular flexibility index (Phi) is 6.71. The Morgan fingerprint density at radius 1 is 1.18 bits per heavy atom. The number of benzene rings is 2. The fourth-order valence-corrected chi connectivity index (χ4v) is 5.83. The molecular formula is C31H37N5O3. The minimum absolute atomic E-state index is 0.380. The Morgan fingerprint density at radius 2 is 1.95 bits per heavy atom. The topological polar surface area (TPSA) is 93.4 Å². The number of carboxylic acids is 1. The van der Waals surface area contributed by atoms with Gasteiger partial charge in [-0.2, -0.15) is 0 Å². The van der Waals surface area contributed by atoms with Gasteiger partial charge in [-0.15, -0.1) is 5.10 Å². The molecule has 0 spiro atoms. The summed E-state index contributed by atoms with van der Waals surface area (Å²) in [5.41, 5.74) is 6.55. The highest BCUT2D eigenvalue weighted by Gasteiger charge is 2.40. The monoisotopic (exact) mass is 527 g/mol. The van der Waals surface area contributed by atoms with E-state index in [9.17, 15) is 9.90 Å². The van der Waals surface area contributed by atoms with Crippen LogP contribution in [0.3, 0.4) is 0 Å². The van der Waals surface area contributed by atoms with Crippen LogP contribution in [0.15, 0.2) is 48.7 Å². The van der Waals surface area contributed by atoms with Crippen LogP contribution in [0, 0.1) is 19.3 Å². The van der Waals surface area contributed by atoms with E-state index in [-0.39, 0.29) is 5.92 Å². The van der Waals surface area contributed by atoms with Crippen LogP contribution in [0.25, 0.3) is 11.0 Å². The van der Waals surface area contributed by atoms with Gasteiger partial charge in [-0.25, -0.2) is 9.67 Å². The maximum Gasteiger partial charge on any atom is 0.310 e. The zero-order chi connectivity index (χ0) is 28.1. The number of rotatable bonds is 6. The van der Waals surface area contributed by atoms with Crippen molar-refractivity contribution in [3.05, 3.63) is 82.0 Å². The molecule has 0 fully saturated rings. The average Bonchev–Trinajstić information content (AvgIpc) is 3.18. The molecule has 4 aromatic rings. The van der Waals surface area contributed by atoms with Crippen LogP contribution < -0.4 is 4.74 Å². The van der Waals surface area contributed by atoms with E-state index in [4.69, 9.17) is 4.74 Å². The molecule has 39 heavy (non-hydrogen) atoms. The van der Waals surface area contributed by atoms with Crippen molar-refractivity contribution >= 4 is 17.0 Å². The molecule has 2 aromatic carbocycles. The maximum absolute atomic E-state index is 12.6. The molecule has 1 N–H and O–H groups in total. The van der Waals surface area contributed by atoms with Gasteiger partial charge in [0.05, 0.1) is 10.9 Å². The molecule has 1 atom stereocenters. The smallest absolute Gasteiger partial charge is 0.310 e. The Hall–Kier alpha value is -3.78. The molecule has 0 aliphatic carbocycles. The molecule has 0 amide bonds. The van der Waals surface area contributed by atoms with Crippen molar-refractivity contribution in [2.75, 3.05) is 6.54 Å². The second-order valence-electron chi connectivity index (χ2n) is 12.0. The summed E-state index contributed by atoms with van der Waals surface area (Å²) in [6, 6.07) is 14.4. The van der Waals surface area contributed by atoms with Crippen LogP contribution in [-0.4, -0.2) is 48.1 Å². The minimum Gasteiger partial charge on any atom is -0.481 e. The van der Waals surface area contributed by atoms with Crippen LogP contribution in [-0.2, 0) is 24.9 Å². The van der Waals surface area contributed by atoms with Crippen molar-refractivity contribution < 1.29 is 14.6 Å². The van der Waals surface area contributed by atoms with E-state index in [2.05, 4.69) is 65.2 Å². The highest BCUT2D eigenvalue weighted by atomic mass is 16.5. The SMILES string of the molecule is Cc1ccc(C(c2ccc3c(nnn3C)c2C)C(C)(C)C(=O)O)cc1CN1Cc2cccnc2OC(C)(C)C1. The number of hydrogen-bond acceptors (Lipinski definition) is 6. The quantitative estimate of drug-likeness (QED) is 0.359. The number of ether oxygens (including phenoxy) is 1. The molecule has 0 saturated heterocycles. The van der Waals surface area contributed by atoms with E-state index >= 15 is 0 Å². The fraction of sp³-hybridized carbons (Fsp3) is 0.419. The van der Waals surface area contributed by atoms with Gasteiger partial charge in [0.15, 0.2) is 0 Å². The molecular weight excluding hydrogens is 490 g/mol. The standard InChI is InChI=1S/C31H37N5O3/c1-19-10-11-21(15-23(19)17-36-16-22-9-8-14-32-28(22)39-30(3,4)18-36)26(31(5,6)29(37)38)24-12-13-25-27(20(24)2)33-34-35(25)7/h8-15,26H,16-18H2,1-7H3,(H,37,38). The first-order valence-corrected chi connectivity index (χ1v) is 13.3. The minimum atomic E-state index is -1.06. The van der Waals surface area contributed by atoms with Crippen molar-refractivity contribution in [3.8, 4) is 5.88 Å². The predicted octanol–water partition coefficient (Wildman–Crippen LogP) is 5.40. The number of nitrogens with zero attached hydrogens (tertiary/aromatic N) is 5. The summed E-state index contributed by atoms with van der Waals surface area (Å²) in [5, 5.41) is 18.9. The largest absolute Gasteiger partial charge is 0.481 e. The number of hydrogen-bond donors (Lipinski definition) is 1. The molecule has 1 aliphatic heterocycles. The normalized spacial score (nSPS) is 16.4. The molecule has 1 aliphatic rings. The van der Waals surface area contributed by atoms with Crippen LogP contribution in [0.1, 0.15) is 67.0 Å². The Balaban J connectivity index is 1.57. The molecule has 0 saturated carbocycles. The second kappa shape index (κ2) is 9.75. The lowest BCUT2D eigenvalue weighted by Crippen LogP contribution is -2.40. The van der Waals surface area contributed by atoms with Crippen molar-refractivity contribution in [2.24, 2.45) is 12.5 Å². The summed E-state index contributed by atoms with van der Waals surface area (Å²) < 4.78 is 8.00. The van der Waals surface area contributed by atoms with Gasteiger partial charge < -0.3 is 9.84 Å². The number of pyridine rings is 1. The van der Waals surface area contributed by atoms with Crippen LogP contribution in [0.4, 0.5) is 0 Å². The van der Waals surface area contributed by atoms with E-state index in [1.807, 2.05) is 32.2 Å². The van der Waals surface area contributed by atoms with Crippen LogP contribution in [0.2, 0.25) is 0 Å². The third kappa shape index (κ3) is 5.01. The van der Waals surface area contributed by atoms with E-state index in [1.165, 1.54) is 11.1 Å². The number of aryl methyl sites for hydroxylation is 3. The Morgan fingerprint density at radius 3 is 2.69 bits per heavy atom. The summed E-state index contributed by atoms with van der Waals surface area (Å²) in [6.45, 7) is 14.1. The summed E-state index contributed by atoms with van der Waals surface area (Å²) in [6.07, 6.45) is 1.77. The van der Waals surface area contributed by atoms with Gasteiger partial charge in [0.25, 0.3) is 0 Å². The van der Waals surface area contributed by atoms with E-state index in [1.54, 1.807) is 24.7 Å². The van der Waals surface area contributed by atoms with E-state index < -0.39 is 17.0 Å². The van der Waals surface area contributed by atoms with Gasteiger partial charge in [-0.1, -0.05) is 35.5 Å². The van der Waals surface area contributed by atoms with Crippen LogP contribution in [0.5, 0.6) is 5.88 Å². The lowest BCUT2D eigenvalue weighted by atomic mass is 9.69. The number of fused-ring (bicyclic) bond motifs is 2. The molecule has 8 nitrogen and oxygen atoms in total. The van der Waals surface area contributed by atoms with Crippen molar-refractivity contribution in [1.29, 1.82) is 0 Å². The molecule has 1 unspecified atom stereocenters. The van der Waals surface area contributed by atoms with E-state index in [0.717, 1.165) is 46.4 Å². The zero-order valence-corrected chi connectivity index (χ0v) is 23.8. The predicted molar refractivity (Wildman–Crippen MR) is 151 cm³/mol. The number of aliphatic carboxylic acids is 1. The lowest BCUT2D eigenvalue weighted by Gasteiger charge is -2.33. The number of carbonyl (C=O) groups is 1. The summed E-state index contributed by atoms with van der Waals surface area (Å²) in [5.74, 6) is -0.535. The maximum atomic E-state index is 12.6. The molecule has 2 aromatic heterocycles. The van der Waals surface area contributed by atoms with Gasteiger partial charge in [-0.3, -0.25) is 9.69 Å². The van der Waals surface area contributed by atoms with Crippen molar-refractivity contribution in [1.82, 2.24) is 24.9 Å². The first-order valence-electron chi connectivity index (χ1n) is 13.3. The third-order valence-electron chi connectivity index (χ3n) is 7.98. The molecule has 5 rings (SSSR count). The Bertz CT molecular complexity index is 1560. The van der Waals surface area contributed by atoms with E-state index in [0.29, 0.717) is 12.4 Å². The lowest BCUT2D eigenvalue weighted by molar-refractivity contribution is -0.147. The van der Waals surface area contributed by atoms with Gasteiger partial charge in [-0.05, 0) is 81.5 Å². The number of aromatic nitrogens is 4. The molecule has 204 valence electrons. The second-order valence-corrected chi connectivity index (χ2v) is 12.0. The van der Waals surface area contributed by atoms with Crippen molar-refractivity contribution in [3.63, 3.8) is 0 Å². The van der Waals surface area contributed by atoms with Gasteiger partial charge in [0.1, 0.15) is 11.1 Å². The summed E-state index contributed by atoms with van der Waals surface area (Å²) in [4.78, 5) is 19.5. The fourth-order valence-electron chi connectivity index (χ4n) is 5.83. The van der Waals surface area contributed by atoms with Gasteiger partial charge in [0.2, 0.25) is 5.88 Å². The number of carboxylic acid groups (broad SMARTS) is 1. The zero-order valence-electron chi connectivity index (χ0n) is 23.8. The summed E-state index contributed by atoms with van der Waals surface area (Å²) in [7, 11) is 1.86. The first kappa shape index (κ1) is 26.8. The van der Waals surface area contributed by atoms with Crippen LogP contribution >= 0.6 is 0 Å². The molecule has 8 heteroatoms. The first-order chi connectivity index (χ1) is 18.4. The van der Waals surface area contributed by atoms with Crippen molar-refractivity contribution in [2.45, 2.75) is 66.2 Å². The Labute approximate surface area is 229 Å². The highest BCUT2D eigenvalue weighted by Crippen LogP contribution is 2.44. The van der Waals surface area contributed by atoms with Gasteiger partial charge >= 0.3 is 5.97 Å². The molecule has 3 heterocycles. The van der Waals surface area contributed by atoms with Gasteiger partial charge in [0, 0.05) is 44.4 Å².